The molecule has 11 heavy (non-hydrogen) atoms. The lowest BCUT2D eigenvalue weighted by atomic mass is 10.7. The van der Waals surface area contributed by atoms with E-state index in [1.54, 1.807) is 0 Å². The number of nitrogens with one attached hydrogen (secondary N) is 1. The van der Waals surface area contributed by atoms with E-state index in [2.05, 4.69) is 5.32 Å². The van der Waals surface area contributed by atoms with E-state index in [1.165, 1.54) is 18.5 Å². The second kappa shape index (κ2) is 5.79. The normalized spacial score (nSPS) is 9.91. The number of hydrogen-bond donors (Lipinski definition) is 2. The summed E-state index contributed by atoms with van der Waals surface area (Å²) in [4.78, 5) is 20.2. The monoisotopic (exact) mass is 175 g/mol. The molecule has 0 saturated heterocycles. The lowest BCUT2D eigenvalue weighted by molar-refractivity contribution is -0.133. The van der Waals surface area contributed by atoms with Gasteiger partial charge in [-0.2, -0.15) is 0 Å². The Labute approximate surface area is 68.7 Å². The Balaban J connectivity index is 3.30. The van der Waals surface area contributed by atoms with Crippen LogP contribution in [-0.4, -0.2) is 22.7 Å². The SMILES string of the molecule is CC(=O)N/C=C\SCC(=O)O. The molecule has 0 atom stereocenters. The van der Waals surface area contributed by atoms with Crippen LogP contribution < -0.4 is 5.32 Å². The minimum absolute atomic E-state index is 0.0100. The van der Waals surface area contributed by atoms with Crippen LogP contribution in [0.3, 0.4) is 0 Å². The molecule has 0 aliphatic heterocycles. The molecule has 0 unspecified atom stereocenters. The Morgan fingerprint density at radius 1 is 1.64 bits per heavy atom. The summed E-state index contributed by atoms with van der Waals surface area (Å²) in [7, 11) is 0. The number of carbonyl (C=O) groups is 2. The van der Waals surface area contributed by atoms with Crippen LogP contribution >= 0.6 is 11.8 Å². The largest absolute Gasteiger partial charge is 0.481 e. The Bertz CT molecular complexity index is 179. The van der Waals surface area contributed by atoms with Crippen molar-refractivity contribution in [1.82, 2.24) is 5.32 Å². The fraction of sp³-hybridized carbons (Fsp3) is 0.333. The summed E-state index contributed by atoms with van der Waals surface area (Å²) in [5.41, 5.74) is 0. The van der Waals surface area contributed by atoms with Gasteiger partial charge in [-0.05, 0) is 5.41 Å². The quantitative estimate of drug-likeness (QED) is 0.649. The van der Waals surface area contributed by atoms with Gasteiger partial charge in [-0.15, -0.1) is 11.8 Å². The van der Waals surface area contributed by atoms with E-state index in [-0.39, 0.29) is 11.7 Å². The van der Waals surface area contributed by atoms with E-state index in [0.29, 0.717) is 0 Å². The number of carboxylic acid groups (broad SMARTS) is 1. The summed E-state index contributed by atoms with van der Waals surface area (Å²) in [6.07, 6.45) is 1.41. The molecule has 4 nitrogen and oxygen atoms in total. The molecule has 0 aromatic rings. The molecule has 0 aliphatic carbocycles. The van der Waals surface area contributed by atoms with Gasteiger partial charge in [0.25, 0.3) is 0 Å². The van der Waals surface area contributed by atoms with E-state index in [4.69, 9.17) is 5.11 Å². The van der Waals surface area contributed by atoms with Crippen molar-refractivity contribution in [1.29, 1.82) is 0 Å². The van der Waals surface area contributed by atoms with Crippen molar-refractivity contribution in [3.8, 4) is 0 Å². The van der Waals surface area contributed by atoms with Gasteiger partial charge in [-0.25, -0.2) is 0 Å². The summed E-state index contributed by atoms with van der Waals surface area (Å²) < 4.78 is 0. The molecule has 0 bridgehead atoms. The predicted octanol–water partition coefficient (Wildman–Crippen LogP) is 0.412. The van der Waals surface area contributed by atoms with Crippen LogP contribution in [0.2, 0.25) is 0 Å². The van der Waals surface area contributed by atoms with Crippen LogP contribution in [-0.2, 0) is 9.59 Å². The van der Waals surface area contributed by atoms with Crippen molar-refractivity contribution in [3.63, 3.8) is 0 Å². The van der Waals surface area contributed by atoms with Crippen molar-refractivity contribution in [2.75, 3.05) is 5.75 Å². The van der Waals surface area contributed by atoms with Crippen LogP contribution in [0.4, 0.5) is 0 Å². The smallest absolute Gasteiger partial charge is 0.313 e. The lowest BCUT2D eigenvalue weighted by Crippen LogP contribution is -2.11. The van der Waals surface area contributed by atoms with Crippen molar-refractivity contribution in [2.45, 2.75) is 6.92 Å². The third kappa shape index (κ3) is 9.03. The summed E-state index contributed by atoms with van der Waals surface area (Å²) in [5, 5.41) is 12.1. The minimum atomic E-state index is -0.873. The topological polar surface area (TPSA) is 66.4 Å². The molecule has 1 amide bonds. The number of carboxylic acids is 1. The van der Waals surface area contributed by atoms with Crippen LogP contribution in [0.25, 0.3) is 0 Å². The number of hydrogen-bond acceptors (Lipinski definition) is 3. The fourth-order valence-electron chi connectivity index (χ4n) is 0.319. The molecule has 0 spiro atoms. The molecule has 0 aromatic carbocycles. The first-order chi connectivity index (χ1) is 5.13. The van der Waals surface area contributed by atoms with Crippen LogP contribution in [0.5, 0.6) is 0 Å². The lowest BCUT2D eigenvalue weighted by Gasteiger charge is -1.90. The second-order valence-electron chi connectivity index (χ2n) is 1.71. The zero-order valence-corrected chi connectivity index (χ0v) is 6.85. The molecule has 0 saturated carbocycles. The van der Waals surface area contributed by atoms with Crippen LogP contribution in [0, 0.1) is 0 Å². The van der Waals surface area contributed by atoms with Gasteiger partial charge in [0.15, 0.2) is 0 Å². The number of carbonyl (C=O) groups excluding carboxylic acids is 1. The zero-order chi connectivity index (χ0) is 8.69. The van der Waals surface area contributed by atoms with Crippen molar-refractivity contribution in [2.24, 2.45) is 0 Å². The van der Waals surface area contributed by atoms with Gasteiger partial charge in [0, 0.05) is 13.1 Å². The van der Waals surface area contributed by atoms with E-state index < -0.39 is 5.97 Å². The van der Waals surface area contributed by atoms with E-state index >= 15 is 0 Å². The minimum Gasteiger partial charge on any atom is -0.481 e. The molecule has 0 aromatic heterocycles. The maximum atomic E-state index is 10.3. The standard InChI is InChI=1S/C6H9NO3S/c1-5(8)7-2-3-11-4-6(9)10/h2-3H,4H2,1H3,(H,7,8)(H,9,10)/b3-2-. The molecule has 0 rings (SSSR count). The van der Waals surface area contributed by atoms with Gasteiger partial charge in [0.2, 0.25) is 5.91 Å². The number of aliphatic carboxylic acids is 1. The van der Waals surface area contributed by atoms with Gasteiger partial charge < -0.3 is 10.4 Å². The number of amides is 1. The highest BCUT2D eigenvalue weighted by Crippen LogP contribution is 1.98. The first-order valence-corrected chi connectivity index (χ1v) is 3.93. The van der Waals surface area contributed by atoms with E-state index in [9.17, 15) is 9.59 Å². The highest BCUT2D eigenvalue weighted by molar-refractivity contribution is 8.02. The van der Waals surface area contributed by atoms with Gasteiger partial charge in [-0.3, -0.25) is 9.59 Å². The van der Waals surface area contributed by atoms with Gasteiger partial charge in [0.05, 0.1) is 5.75 Å². The average Bonchev–Trinajstić information content (AvgIpc) is 1.85. The molecule has 0 aliphatic rings. The van der Waals surface area contributed by atoms with E-state index in [1.807, 2.05) is 0 Å². The first kappa shape index (κ1) is 10.0. The Morgan fingerprint density at radius 3 is 2.73 bits per heavy atom. The van der Waals surface area contributed by atoms with Crippen molar-refractivity contribution in [3.05, 3.63) is 11.6 Å². The first-order valence-electron chi connectivity index (χ1n) is 2.88. The Morgan fingerprint density at radius 2 is 2.27 bits per heavy atom. The Hall–Kier alpha value is -0.970. The summed E-state index contributed by atoms with van der Waals surface area (Å²) in [6.45, 7) is 1.38. The third-order valence-electron chi connectivity index (χ3n) is 0.658. The maximum absolute atomic E-state index is 10.3. The molecule has 5 heteroatoms. The maximum Gasteiger partial charge on any atom is 0.313 e. The van der Waals surface area contributed by atoms with Crippen LogP contribution in [0.15, 0.2) is 11.6 Å². The zero-order valence-electron chi connectivity index (χ0n) is 6.03. The molecule has 0 radical (unpaired) electrons. The molecule has 0 fully saturated rings. The molecule has 62 valence electrons. The van der Waals surface area contributed by atoms with Crippen LogP contribution in [0.1, 0.15) is 6.92 Å². The Kier molecular flexibility index (Phi) is 5.28. The number of thioether (sulfide) groups is 1. The highest BCUT2D eigenvalue weighted by Gasteiger charge is 1.91. The summed E-state index contributed by atoms with van der Waals surface area (Å²) >= 11 is 1.11. The van der Waals surface area contributed by atoms with Gasteiger partial charge in [0.1, 0.15) is 0 Å². The third-order valence-corrected chi connectivity index (χ3v) is 1.40. The number of rotatable bonds is 4. The van der Waals surface area contributed by atoms with E-state index in [0.717, 1.165) is 11.8 Å². The summed E-state index contributed by atoms with van der Waals surface area (Å²) in [5.74, 6) is -1.03. The molecule has 0 heterocycles. The fourth-order valence-corrected chi connectivity index (χ4v) is 0.722. The van der Waals surface area contributed by atoms with Gasteiger partial charge in [-0.1, -0.05) is 0 Å². The highest BCUT2D eigenvalue weighted by atomic mass is 32.2. The van der Waals surface area contributed by atoms with Gasteiger partial charge >= 0.3 is 5.97 Å². The predicted molar refractivity (Wildman–Crippen MR) is 43.1 cm³/mol. The molecular weight excluding hydrogens is 166 g/mol. The second-order valence-corrected chi connectivity index (χ2v) is 2.60. The summed E-state index contributed by atoms with van der Waals surface area (Å²) in [6, 6.07) is 0. The molecule has 2 N–H and O–H groups in total. The van der Waals surface area contributed by atoms with Crippen molar-refractivity contribution >= 4 is 23.6 Å². The molecular formula is C6H9NO3S. The van der Waals surface area contributed by atoms with Crippen molar-refractivity contribution < 1.29 is 14.7 Å². The average molecular weight is 175 g/mol.